The maximum absolute atomic E-state index is 14.0. The smallest absolute Gasteiger partial charge is 0.225 e. The number of aryl methyl sites for hydroxylation is 1. The first-order valence-corrected chi connectivity index (χ1v) is 12.7. The number of hydrogen-bond acceptors (Lipinski definition) is 3. The summed E-state index contributed by atoms with van der Waals surface area (Å²) in [7, 11) is 0. The Labute approximate surface area is 207 Å². The second-order valence-electron chi connectivity index (χ2n) is 10.5. The zero-order chi connectivity index (χ0) is 24.3. The molecule has 2 N–H and O–H groups in total. The van der Waals surface area contributed by atoms with Gasteiger partial charge in [0.2, 0.25) is 5.91 Å². The number of fused-ring (bicyclic) bond motifs is 7. The van der Waals surface area contributed by atoms with E-state index < -0.39 is 11.6 Å². The predicted molar refractivity (Wildman–Crippen MR) is 129 cm³/mol. The fourth-order valence-corrected chi connectivity index (χ4v) is 7.58. The van der Waals surface area contributed by atoms with Crippen molar-refractivity contribution >= 4 is 23.3 Å². The molecule has 3 aliphatic carbocycles. The van der Waals surface area contributed by atoms with Gasteiger partial charge < -0.3 is 5.32 Å². The van der Waals surface area contributed by atoms with Gasteiger partial charge in [-0.1, -0.05) is 24.6 Å². The molecular weight excluding hydrogens is 470 g/mol. The third kappa shape index (κ3) is 3.66. The van der Waals surface area contributed by atoms with Crippen LogP contribution in [0.25, 0.3) is 0 Å². The number of aromatic nitrogens is 3. The van der Waals surface area contributed by atoms with Crippen LogP contribution in [0.1, 0.15) is 73.2 Å². The first kappa shape index (κ1) is 22.7. The molecule has 182 valence electrons. The second kappa shape index (κ2) is 8.40. The van der Waals surface area contributed by atoms with Crippen molar-refractivity contribution in [1.29, 1.82) is 0 Å². The second-order valence-corrected chi connectivity index (χ2v) is 10.9. The zero-order valence-electron chi connectivity index (χ0n) is 19.5. The van der Waals surface area contributed by atoms with Crippen LogP contribution in [0, 0.1) is 23.5 Å². The van der Waals surface area contributed by atoms with Gasteiger partial charge >= 0.3 is 0 Å². The summed E-state index contributed by atoms with van der Waals surface area (Å²) < 4.78 is 27.1. The number of pyridine rings is 1. The summed E-state index contributed by atoms with van der Waals surface area (Å²) in [6.45, 7) is 2.35. The lowest BCUT2D eigenvalue weighted by atomic mass is 9.53. The molecule has 5 nitrogen and oxygen atoms in total. The molecule has 2 aromatic heterocycles. The molecule has 5 atom stereocenters. The van der Waals surface area contributed by atoms with E-state index in [1.54, 1.807) is 0 Å². The lowest BCUT2D eigenvalue weighted by Crippen LogP contribution is -2.44. The van der Waals surface area contributed by atoms with Gasteiger partial charge in [-0.05, 0) is 84.6 Å². The van der Waals surface area contributed by atoms with Crippen molar-refractivity contribution in [3.63, 3.8) is 0 Å². The Morgan fingerprint density at radius 2 is 2.09 bits per heavy atom. The topological polar surface area (TPSA) is 70.7 Å². The molecule has 8 heteroatoms. The summed E-state index contributed by atoms with van der Waals surface area (Å²) >= 11 is 6.28. The quantitative estimate of drug-likeness (QED) is 0.447. The number of rotatable bonds is 4. The number of nitrogens with zero attached hydrogens (tertiary/aromatic N) is 2. The maximum Gasteiger partial charge on any atom is 0.225 e. The average Bonchev–Trinajstić information content (AvgIpc) is 3.40. The zero-order valence-corrected chi connectivity index (χ0v) is 20.2. The molecule has 3 unspecified atom stereocenters. The molecule has 35 heavy (non-hydrogen) atoms. The molecule has 0 aliphatic heterocycles. The lowest BCUT2D eigenvalue weighted by molar-refractivity contribution is -0.116. The van der Waals surface area contributed by atoms with Crippen LogP contribution in [0.4, 0.5) is 14.6 Å². The third-order valence-corrected chi connectivity index (χ3v) is 9.00. The number of carbonyl (C=O) groups excluding carboxylic acids is 1. The van der Waals surface area contributed by atoms with E-state index in [0.29, 0.717) is 24.2 Å². The number of benzene rings is 1. The Morgan fingerprint density at radius 3 is 2.91 bits per heavy atom. The van der Waals surface area contributed by atoms with Gasteiger partial charge in [0, 0.05) is 28.6 Å². The Morgan fingerprint density at radius 1 is 1.23 bits per heavy atom. The van der Waals surface area contributed by atoms with E-state index in [-0.39, 0.29) is 29.5 Å². The number of hydrogen-bond donors (Lipinski definition) is 2. The number of aromatic amines is 1. The maximum atomic E-state index is 14.0. The van der Waals surface area contributed by atoms with Gasteiger partial charge in [-0.3, -0.25) is 9.89 Å². The normalized spacial score (nSPS) is 28.6. The van der Waals surface area contributed by atoms with Crippen molar-refractivity contribution in [2.75, 3.05) is 5.32 Å². The summed E-state index contributed by atoms with van der Waals surface area (Å²) in [5.74, 6) is -0.640. The molecule has 0 bridgehead atoms. The van der Waals surface area contributed by atoms with Crippen LogP contribution in [0.3, 0.4) is 0 Å². The first-order chi connectivity index (χ1) is 16.8. The van der Waals surface area contributed by atoms with E-state index in [1.807, 2.05) is 12.3 Å². The number of anilines is 1. The number of halogens is 3. The molecule has 1 amide bonds. The molecule has 0 saturated heterocycles. The summed E-state index contributed by atoms with van der Waals surface area (Å²) in [4.78, 5) is 16.4. The first-order valence-electron chi connectivity index (χ1n) is 12.3. The van der Waals surface area contributed by atoms with Crippen molar-refractivity contribution in [3.05, 3.63) is 75.7 Å². The number of amides is 1. The van der Waals surface area contributed by atoms with Crippen molar-refractivity contribution in [3.8, 4) is 0 Å². The highest BCUT2D eigenvalue weighted by atomic mass is 35.5. The van der Waals surface area contributed by atoms with Crippen LogP contribution in [-0.2, 0) is 16.6 Å². The fraction of sp³-hybridized carbons (Fsp3) is 0.444. The van der Waals surface area contributed by atoms with E-state index in [4.69, 9.17) is 11.6 Å². The summed E-state index contributed by atoms with van der Waals surface area (Å²) in [5, 5.41) is 10.9. The van der Waals surface area contributed by atoms with Gasteiger partial charge in [0.05, 0.1) is 12.4 Å². The van der Waals surface area contributed by atoms with Gasteiger partial charge in [-0.25, -0.2) is 13.8 Å². The summed E-state index contributed by atoms with van der Waals surface area (Å²) in [6.07, 6.45) is 7.98. The molecule has 3 aromatic rings. The van der Waals surface area contributed by atoms with Gasteiger partial charge in [0.15, 0.2) is 11.6 Å². The summed E-state index contributed by atoms with van der Waals surface area (Å²) in [5.41, 5.74) is 5.20. The molecule has 2 heterocycles. The molecule has 1 fully saturated rings. The fourth-order valence-electron chi connectivity index (χ4n) is 7.38. The van der Waals surface area contributed by atoms with Crippen molar-refractivity contribution in [1.82, 2.24) is 15.2 Å². The van der Waals surface area contributed by atoms with Gasteiger partial charge in [-0.15, -0.1) is 0 Å². The minimum atomic E-state index is -0.875. The monoisotopic (exact) mass is 496 g/mol. The van der Waals surface area contributed by atoms with Crippen LogP contribution in [0.5, 0.6) is 0 Å². The predicted octanol–water partition coefficient (Wildman–Crippen LogP) is 6.27. The Bertz CT molecular complexity index is 1310. The molecular formula is C27H27ClF2N4O. The Kier molecular flexibility index (Phi) is 5.44. The molecule has 1 saturated carbocycles. The van der Waals surface area contributed by atoms with Crippen molar-refractivity contribution in [2.24, 2.45) is 11.8 Å². The number of carbonyl (C=O) groups is 1. The van der Waals surface area contributed by atoms with Crippen molar-refractivity contribution < 1.29 is 13.6 Å². The largest absolute Gasteiger partial charge is 0.308 e. The lowest BCUT2D eigenvalue weighted by Gasteiger charge is -2.50. The number of nitrogens with one attached hydrogen (secondary N) is 2. The molecule has 3 aliphatic rings. The van der Waals surface area contributed by atoms with E-state index in [1.165, 1.54) is 22.4 Å². The van der Waals surface area contributed by atoms with Gasteiger partial charge in [0.1, 0.15) is 5.82 Å². The van der Waals surface area contributed by atoms with Crippen LogP contribution >= 0.6 is 11.6 Å². The van der Waals surface area contributed by atoms with Gasteiger partial charge in [0.25, 0.3) is 0 Å². The summed E-state index contributed by atoms with van der Waals surface area (Å²) in [6, 6.07) is 7.05. The molecule has 1 aromatic carbocycles. The van der Waals surface area contributed by atoms with Gasteiger partial charge in [-0.2, -0.15) is 5.10 Å². The van der Waals surface area contributed by atoms with Crippen LogP contribution in [-0.4, -0.2) is 21.1 Å². The number of H-pyrrole nitrogens is 1. The third-order valence-electron chi connectivity index (χ3n) is 8.76. The average molecular weight is 497 g/mol. The highest BCUT2D eigenvalue weighted by molar-refractivity contribution is 6.30. The molecule has 0 radical (unpaired) electrons. The SMILES string of the molecule is C[C@]12CCC3c4ccc(Cl)cc4CCC3C1[C@H](CCC(=O)Nc1ncc(F)cc1F)c1cn[nH]c12. The van der Waals surface area contributed by atoms with Crippen LogP contribution in [0.2, 0.25) is 5.02 Å². The highest BCUT2D eigenvalue weighted by Gasteiger charge is 2.57. The van der Waals surface area contributed by atoms with E-state index in [0.717, 1.165) is 43.0 Å². The molecule has 6 rings (SSSR count). The minimum absolute atomic E-state index is 0.0112. The van der Waals surface area contributed by atoms with E-state index in [2.05, 4.69) is 39.6 Å². The Hall–Kier alpha value is -2.80. The highest BCUT2D eigenvalue weighted by Crippen LogP contribution is 2.64. The van der Waals surface area contributed by atoms with Crippen molar-refractivity contribution in [2.45, 2.75) is 62.7 Å². The van der Waals surface area contributed by atoms with E-state index >= 15 is 0 Å². The standard InChI is InChI=1S/C27H27ClF2N4O/c1-27-9-8-18-17-5-3-15(28)10-14(17)2-4-19(18)24(27)20(21-13-32-34-25(21)27)6-7-23(35)33-26-22(30)11-16(29)12-31-26/h3,5,10-13,18-20,24H,2,4,6-9H2,1H3,(H,32,34)(H,31,33,35)/t18?,19?,20-,24?,27+/m1/s1. The molecule has 0 spiro atoms. The van der Waals surface area contributed by atoms with Crippen LogP contribution < -0.4 is 5.32 Å². The van der Waals surface area contributed by atoms with E-state index in [9.17, 15) is 13.6 Å². The minimum Gasteiger partial charge on any atom is -0.308 e. The Balaban J connectivity index is 1.26. The van der Waals surface area contributed by atoms with Crippen LogP contribution in [0.15, 0.2) is 36.7 Å².